The van der Waals surface area contributed by atoms with Crippen molar-refractivity contribution in [2.75, 3.05) is 13.1 Å². The van der Waals surface area contributed by atoms with Gasteiger partial charge in [-0.2, -0.15) is 16.4 Å². The van der Waals surface area contributed by atoms with Crippen LogP contribution in [-0.2, 0) is 6.54 Å². The summed E-state index contributed by atoms with van der Waals surface area (Å²) in [6, 6.07) is 9.57. The van der Waals surface area contributed by atoms with E-state index < -0.39 is 0 Å². The van der Waals surface area contributed by atoms with Crippen LogP contribution in [0.4, 0.5) is 4.39 Å². The van der Waals surface area contributed by atoms with Crippen LogP contribution in [0.15, 0.2) is 59.7 Å². The van der Waals surface area contributed by atoms with Gasteiger partial charge >= 0.3 is 0 Å². The van der Waals surface area contributed by atoms with Crippen molar-refractivity contribution in [2.45, 2.75) is 19.4 Å². The second-order valence-corrected chi connectivity index (χ2v) is 9.92. The number of H-pyrrole nitrogens is 2. The van der Waals surface area contributed by atoms with E-state index in [-0.39, 0.29) is 5.82 Å². The van der Waals surface area contributed by atoms with E-state index in [1.54, 1.807) is 29.8 Å². The number of nitrogens with one attached hydrogen (secondary N) is 2. The predicted molar refractivity (Wildman–Crippen MR) is 140 cm³/mol. The van der Waals surface area contributed by atoms with E-state index >= 15 is 4.39 Å². The van der Waals surface area contributed by atoms with E-state index in [0.717, 1.165) is 53.1 Å². The van der Waals surface area contributed by atoms with Crippen molar-refractivity contribution in [3.05, 3.63) is 71.1 Å². The van der Waals surface area contributed by atoms with Crippen molar-refractivity contribution in [1.29, 1.82) is 0 Å². The molecular weight excluding hydrogens is 473 g/mol. The first-order chi connectivity index (χ1) is 17.7. The number of aromatic nitrogens is 6. The molecule has 1 saturated heterocycles. The Bertz CT molecular complexity index is 1700. The third-order valence-corrected chi connectivity index (χ3v) is 7.48. The molecule has 0 spiro atoms. The minimum absolute atomic E-state index is 0.340. The highest BCUT2D eigenvalue weighted by atomic mass is 32.1. The molecule has 178 valence electrons. The summed E-state index contributed by atoms with van der Waals surface area (Å²) in [6.07, 6.45) is 7.80. The van der Waals surface area contributed by atoms with Crippen molar-refractivity contribution in [3.8, 4) is 33.9 Å². The fourth-order valence-electron chi connectivity index (χ4n) is 5.05. The maximum absolute atomic E-state index is 16.1. The molecule has 9 heteroatoms. The zero-order chi connectivity index (χ0) is 24.1. The molecule has 0 saturated carbocycles. The largest absolute Gasteiger partial charge is 0.336 e. The van der Waals surface area contributed by atoms with Crippen molar-refractivity contribution in [3.63, 3.8) is 0 Å². The highest BCUT2D eigenvalue weighted by Crippen LogP contribution is 2.35. The summed E-state index contributed by atoms with van der Waals surface area (Å²) in [6.45, 7) is 3.04. The van der Waals surface area contributed by atoms with Gasteiger partial charge in [-0.05, 0) is 67.2 Å². The minimum Gasteiger partial charge on any atom is -0.336 e. The lowest BCUT2D eigenvalue weighted by atomic mass is 10.0. The molecular formula is C27H22FN7S. The highest BCUT2D eigenvalue weighted by molar-refractivity contribution is 7.08. The van der Waals surface area contributed by atoms with Gasteiger partial charge in [-0.1, -0.05) is 0 Å². The number of benzene rings is 1. The predicted octanol–water partition coefficient (Wildman–Crippen LogP) is 6.03. The third-order valence-electron chi connectivity index (χ3n) is 6.80. The molecule has 1 aliphatic rings. The Morgan fingerprint density at radius 1 is 1.00 bits per heavy atom. The second kappa shape index (κ2) is 8.61. The number of hydrogen-bond donors (Lipinski definition) is 2. The van der Waals surface area contributed by atoms with Gasteiger partial charge in [-0.3, -0.25) is 20.0 Å². The molecule has 1 aliphatic heterocycles. The van der Waals surface area contributed by atoms with Crippen LogP contribution >= 0.6 is 11.3 Å². The lowest BCUT2D eigenvalue weighted by molar-refractivity contribution is 0.331. The standard InChI is InChI=1S/C27H22FN7S/c28-23-19(18-11-16(12-29-13-18)14-35-8-1-2-9-35)3-4-20-22(23)26(34-33-20)27-31-21-5-7-30-24(25(21)32-27)17-6-10-36-15-17/h3-7,10-13,15H,1-2,8-9,14H2,(H,31,32)(H,33,34). The first-order valence-corrected chi connectivity index (χ1v) is 12.9. The maximum Gasteiger partial charge on any atom is 0.159 e. The zero-order valence-electron chi connectivity index (χ0n) is 19.3. The molecule has 0 aliphatic carbocycles. The second-order valence-electron chi connectivity index (χ2n) is 9.14. The van der Waals surface area contributed by atoms with Crippen LogP contribution in [0.3, 0.4) is 0 Å². The number of fused-ring (bicyclic) bond motifs is 2. The number of halogens is 1. The molecule has 6 heterocycles. The number of nitrogens with zero attached hydrogens (tertiary/aromatic N) is 5. The van der Waals surface area contributed by atoms with E-state index in [0.29, 0.717) is 28.0 Å². The summed E-state index contributed by atoms with van der Waals surface area (Å²) in [5.74, 6) is 0.158. The minimum atomic E-state index is -0.340. The highest BCUT2D eigenvalue weighted by Gasteiger charge is 2.21. The van der Waals surface area contributed by atoms with Crippen molar-refractivity contribution < 1.29 is 4.39 Å². The lowest BCUT2D eigenvalue weighted by Crippen LogP contribution is -2.18. The van der Waals surface area contributed by atoms with Gasteiger partial charge in [-0.25, -0.2) is 9.37 Å². The number of imidazole rings is 1. The van der Waals surface area contributed by atoms with Gasteiger partial charge in [0, 0.05) is 47.2 Å². The molecule has 6 aromatic rings. The van der Waals surface area contributed by atoms with E-state index in [1.807, 2.05) is 41.2 Å². The van der Waals surface area contributed by atoms with Gasteiger partial charge < -0.3 is 4.98 Å². The van der Waals surface area contributed by atoms with Crippen LogP contribution in [0.2, 0.25) is 0 Å². The van der Waals surface area contributed by atoms with Gasteiger partial charge in [0.05, 0.1) is 22.1 Å². The van der Waals surface area contributed by atoms with Crippen LogP contribution in [0.25, 0.3) is 55.8 Å². The quantitative estimate of drug-likeness (QED) is 0.305. The summed E-state index contributed by atoms with van der Waals surface area (Å²) in [5.41, 5.74) is 6.76. The van der Waals surface area contributed by atoms with Gasteiger partial charge in [0.1, 0.15) is 17.0 Å². The molecule has 0 unspecified atom stereocenters. The van der Waals surface area contributed by atoms with Crippen molar-refractivity contribution in [2.24, 2.45) is 0 Å². The molecule has 0 atom stereocenters. The molecule has 7 nitrogen and oxygen atoms in total. The monoisotopic (exact) mass is 495 g/mol. The summed E-state index contributed by atoms with van der Waals surface area (Å²) in [7, 11) is 0. The number of likely N-dealkylation sites (tertiary alicyclic amines) is 1. The number of pyridine rings is 2. The molecule has 7 rings (SSSR count). The normalized spacial score (nSPS) is 14.4. The van der Waals surface area contributed by atoms with Crippen LogP contribution in [0.5, 0.6) is 0 Å². The number of rotatable bonds is 5. The Hall–Kier alpha value is -3.95. The molecule has 2 N–H and O–H groups in total. The topological polar surface area (TPSA) is 86.4 Å². The Balaban J connectivity index is 1.32. The SMILES string of the molecule is Fc1c(-c2cncc(CN3CCCC3)c2)ccc2[nH]nc(-c3nc4c(-c5ccsc5)nccc4[nH]3)c12. The van der Waals surface area contributed by atoms with Crippen molar-refractivity contribution in [1.82, 2.24) is 35.0 Å². The van der Waals surface area contributed by atoms with Gasteiger partial charge in [0.2, 0.25) is 0 Å². The van der Waals surface area contributed by atoms with E-state index in [4.69, 9.17) is 4.98 Å². The third kappa shape index (κ3) is 3.59. The lowest BCUT2D eigenvalue weighted by Gasteiger charge is -2.15. The molecule has 0 amide bonds. The molecule has 1 aromatic carbocycles. The van der Waals surface area contributed by atoms with Crippen LogP contribution in [0.1, 0.15) is 18.4 Å². The fraction of sp³-hybridized carbons (Fsp3) is 0.185. The van der Waals surface area contributed by atoms with Crippen LogP contribution < -0.4 is 0 Å². The summed E-state index contributed by atoms with van der Waals surface area (Å²) in [4.78, 5) is 19.5. The molecule has 0 radical (unpaired) electrons. The zero-order valence-corrected chi connectivity index (χ0v) is 20.1. The van der Waals surface area contributed by atoms with Crippen molar-refractivity contribution >= 4 is 33.3 Å². The van der Waals surface area contributed by atoms with E-state index in [2.05, 4.69) is 30.0 Å². The number of aromatic amines is 2. The average Bonchev–Trinajstić information content (AvgIpc) is 3.70. The molecule has 1 fully saturated rings. The van der Waals surface area contributed by atoms with E-state index in [9.17, 15) is 0 Å². The number of thiophene rings is 1. The van der Waals surface area contributed by atoms with Crippen LogP contribution in [-0.4, -0.2) is 48.1 Å². The first-order valence-electron chi connectivity index (χ1n) is 12.0. The van der Waals surface area contributed by atoms with E-state index in [1.165, 1.54) is 12.8 Å². The van der Waals surface area contributed by atoms with Crippen LogP contribution in [0, 0.1) is 5.82 Å². The molecule has 36 heavy (non-hydrogen) atoms. The van der Waals surface area contributed by atoms with Gasteiger partial charge in [0.15, 0.2) is 5.82 Å². The number of hydrogen-bond acceptors (Lipinski definition) is 6. The maximum atomic E-state index is 16.1. The first kappa shape index (κ1) is 21.3. The Kier molecular flexibility index (Phi) is 5.11. The summed E-state index contributed by atoms with van der Waals surface area (Å²) < 4.78 is 16.1. The Morgan fingerprint density at radius 2 is 1.92 bits per heavy atom. The summed E-state index contributed by atoms with van der Waals surface area (Å²) >= 11 is 1.61. The Labute approximate surface area is 210 Å². The van der Waals surface area contributed by atoms with Gasteiger partial charge in [-0.15, -0.1) is 0 Å². The molecule has 0 bridgehead atoms. The summed E-state index contributed by atoms with van der Waals surface area (Å²) in [5, 5.41) is 11.9. The average molecular weight is 496 g/mol. The molecule has 5 aromatic heterocycles. The smallest absolute Gasteiger partial charge is 0.159 e. The Morgan fingerprint density at radius 3 is 2.78 bits per heavy atom. The fourth-order valence-corrected chi connectivity index (χ4v) is 5.69. The van der Waals surface area contributed by atoms with Gasteiger partial charge in [0.25, 0.3) is 0 Å².